The van der Waals surface area contributed by atoms with Crippen LogP contribution >= 0.6 is 0 Å². The van der Waals surface area contributed by atoms with Crippen LogP contribution in [0.3, 0.4) is 0 Å². The minimum Gasteiger partial charge on any atom is -0.478 e. The van der Waals surface area contributed by atoms with Gasteiger partial charge in [-0.2, -0.15) is 0 Å². The third-order valence-electron chi connectivity index (χ3n) is 4.69. The second-order valence-electron chi connectivity index (χ2n) is 6.87. The molecule has 0 spiro atoms. The zero-order valence-electron chi connectivity index (χ0n) is 13.5. The average Bonchev–Trinajstić information content (AvgIpc) is 2.46. The normalized spacial score (nSPS) is 18.5. The summed E-state index contributed by atoms with van der Waals surface area (Å²) in [6, 6.07) is 3.82. The number of rotatable bonds is 4. The Labute approximate surface area is 127 Å². The number of hydrogen-bond acceptors (Lipinski definition) is 3. The van der Waals surface area contributed by atoms with Crippen molar-refractivity contribution in [2.24, 2.45) is 5.41 Å². The third kappa shape index (κ3) is 3.74. The van der Waals surface area contributed by atoms with Crippen LogP contribution in [-0.2, 0) is 6.42 Å². The Hall–Kier alpha value is -1.58. The van der Waals surface area contributed by atoms with Gasteiger partial charge in [0.25, 0.3) is 0 Å². The number of anilines is 1. The molecule has 21 heavy (non-hydrogen) atoms. The third-order valence-corrected chi connectivity index (χ3v) is 4.69. The molecule has 0 saturated heterocycles. The SMILES string of the molecule is CCc1cc(C(=O)O)cc(N(C)C2CCC(C)(C)CC2)n1. The lowest BCUT2D eigenvalue weighted by molar-refractivity contribution is 0.0696. The molecule has 4 heteroatoms. The van der Waals surface area contributed by atoms with Crippen molar-refractivity contribution in [2.75, 3.05) is 11.9 Å². The number of carboxylic acids is 1. The fraction of sp³-hybridized carbons (Fsp3) is 0.647. The van der Waals surface area contributed by atoms with E-state index in [9.17, 15) is 9.90 Å². The quantitative estimate of drug-likeness (QED) is 0.917. The second kappa shape index (κ2) is 6.04. The van der Waals surface area contributed by atoms with Gasteiger partial charge < -0.3 is 10.0 Å². The van der Waals surface area contributed by atoms with Gasteiger partial charge in [0.15, 0.2) is 0 Å². The first-order valence-corrected chi connectivity index (χ1v) is 7.79. The zero-order valence-corrected chi connectivity index (χ0v) is 13.5. The molecular weight excluding hydrogens is 264 g/mol. The van der Waals surface area contributed by atoms with Crippen LogP contribution < -0.4 is 4.90 Å². The lowest BCUT2D eigenvalue weighted by Gasteiger charge is -2.39. The highest BCUT2D eigenvalue weighted by atomic mass is 16.4. The average molecular weight is 290 g/mol. The maximum atomic E-state index is 11.3. The summed E-state index contributed by atoms with van der Waals surface area (Å²) in [7, 11) is 2.04. The number of aryl methyl sites for hydroxylation is 1. The highest BCUT2D eigenvalue weighted by Gasteiger charge is 2.29. The smallest absolute Gasteiger partial charge is 0.335 e. The number of hydrogen-bond donors (Lipinski definition) is 1. The Kier molecular flexibility index (Phi) is 4.55. The number of carbonyl (C=O) groups is 1. The summed E-state index contributed by atoms with van der Waals surface area (Å²) >= 11 is 0. The largest absolute Gasteiger partial charge is 0.478 e. The molecule has 1 aromatic rings. The van der Waals surface area contributed by atoms with Gasteiger partial charge in [-0.25, -0.2) is 9.78 Å². The van der Waals surface area contributed by atoms with E-state index >= 15 is 0 Å². The fourth-order valence-electron chi connectivity index (χ4n) is 3.02. The van der Waals surface area contributed by atoms with Crippen molar-refractivity contribution in [1.82, 2.24) is 4.98 Å². The molecule has 0 bridgehead atoms. The highest BCUT2D eigenvalue weighted by Crippen LogP contribution is 2.37. The van der Waals surface area contributed by atoms with E-state index in [0.717, 1.165) is 30.8 Å². The molecule has 1 N–H and O–H groups in total. The molecule has 1 fully saturated rings. The van der Waals surface area contributed by atoms with Crippen molar-refractivity contribution in [1.29, 1.82) is 0 Å². The predicted molar refractivity (Wildman–Crippen MR) is 85.0 cm³/mol. The van der Waals surface area contributed by atoms with Crippen molar-refractivity contribution in [3.8, 4) is 0 Å². The molecule has 1 heterocycles. The van der Waals surface area contributed by atoms with E-state index in [1.54, 1.807) is 12.1 Å². The number of aromatic nitrogens is 1. The van der Waals surface area contributed by atoms with Crippen molar-refractivity contribution >= 4 is 11.8 Å². The summed E-state index contributed by atoms with van der Waals surface area (Å²) in [6.07, 6.45) is 5.45. The molecule has 1 saturated carbocycles. The molecule has 0 unspecified atom stereocenters. The van der Waals surface area contributed by atoms with Crippen molar-refractivity contribution in [3.05, 3.63) is 23.4 Å². The van der Waals surface area contributed by atoms with E-state index in [1.807, 2.05) is 14.0 Å². The minimum absolute atomic E-state index is 0.333. The van der Waals surface area contributed by atoms with Crippen LogP contribution in [0.2, 0.25) is 0 Å². The van der Waals surface area contributed by atoms with Gasteiger partial charge in [-0.1, -0.05) is 20.8 Å². The van der Waals surface area contributed by atoms with Gasteiger partial charge in [-0.15, -0.1) is 0 Å². The van der Waals surface area contributed by atoms with Crippen LogP contribution in [0.1, 0.15) is 62.5 Å². The molecule has 0 aliphatic heterocycles. The number of aromatic carboxylic acids is 1. The first-order valence-electron chi connectivity index (χ1n) is 7.79. The standard InChI is InChI=1S/C17H26N2O2/c1-5-13-10-12(16(20)21)11-15(18-13)19(4)14-6-8-17(2,3)9-7-14/h10-11,14H,5-9H2,1-4H3,(H,20,21). The van der Waals surface area contributed by atoms with Crippen LogP contribution in [0.5, 0.6) is 0 Å². The molecule has 1 aliphatic rings. The maximum absolute atomic E-state index is 11.3. The van der Waals surface area contributed by atoms with E-state index in [-0.39, 0.29) is 0 Å². The number of pyridine rings is 1. The molecule has 0 radical (unpaired) electrons. The van der Waals surface area contributed by atoms with Crippen molar-refractivity contribution in [2.45, 2.75) is 58.9 Å². The van der Waals surface area contributed by atoms with Crippen LogP contribution in [0.4, 0.5) is 5.82 Å². The Morgan fingerprint density at radius 2 is 2.00 bits per heavy atom. The van der Waals surface area contributed by atoms with Gasteiger partial charge in [0.2, 0.25) is 0 Å². The van der Waals surface area contributed by atoms with Gasteiger partial charge in [-0.3, -0.25) is 0 Å². The second-order valence-corrected chi connectivity index (χ2v) is 6.87. The first-order chi connectivity index (χ1) is 9.82. The van der Waals surface area contributed by atoms with Gasteiger partial charge in [-0.05, 0) is 49.7 Å². The maximum Gasteiger partial charge on any atom is 0.335 e. The zero-order chi connectivity index (χ0) is 15.6. The van der Waals surface area contributed by atoms with Crippen molar-refractivity contribution < 1.29 is 9.90 Å². The fourth-order valence-corrected chi connectivity index (χ4v) is 3.02. The van der Waals surface area contributed by atoms with E-state index in [1.165, 1.54) is 12.8 Å². The first kappa shape index (κ1) is 15.8. The molecule has 2 rings (SSSR count). The van der Waals surface area contributed by atoms with Gasteiger partial charge in [0.05, 0.1) is 5.56 Å². The Morgan fingerprint density at radius 3 is 2.52 bits per heavy atom. The van der Waals surface area contributed by atoms with Crippen LogP contribution in [0.15, 0.2) is 12.1 Å². The van der Waals surface area contributed by atoms with Crippen LogP contribution in [0.25, 0.3) is 0 Å². The Bertz CT molecular complexity index is 516. The minimum atomic E-state index is -0.883. The van der Waals surface area contributed by atoms with Gasteiger partial charge >= 0.3 is 5.97 Å². The van der Waals surface area contributed by atoms with Crippen LogP contribution in [0, 0.1) is 5.41 Å². The van der Waals surface area contributed by atoms with Crippen molar-refractivity contribution in [3.63, 3.8) is 0 Å². The molecule has 1 aliphatic carbocycles. The van der Waals surface area contributed by atoms with Gasteiger partial charge in [0.1, 0.15) is 5.82 Å². The van der Waals surface area contributed by atoms with E-state index in [2.05, 4.69) is 23.7 Å². The summed E-state index contributed by atoms with van der Waals surface area (Å²) < 4.78 is 0. The van der Waals surface area contributed by atoms with Crippen LogP contribution in [-0.4, -0.2) is 29.1 Å². The molecule has 116 valence electrons. The lowest BCUT2D eigenvalue weighted by atomic mass is 9.75. The summed E-state index contributed by atoms with van der Waals surface area (Å²) in [5.74, 6) is -0.0945. The molecular formula is C17H26N2O2. The summed E-state index contributed by atoms with van der Waals surface area (Å²) in [6.45, 7) is 6.64. The summed E-state index contributed by atoms with van der Waals surface area (Å²) in [5, 5.41) is 9.24. The highest BCUT2D eigenvalue weighted by molar-refractivity contribution is 5.88. The Balaban J connectivity index is 2.20. The molecule has 1 aromatic heterocycles. The van der Waals surface area contributed by atoms with E-state index in [4.69, 9.17) is 0 Å². The Morgan fingerprint density at radius 1 is 1.38 bits per heavy atom. The summed E-state index contributed by atoms with van der Waals surface area (Å²) in [4.78, 5) is 18.0. The monoisotopic (exact) mass is 290 g/mol. The lowest BCUT2D eigenvalue weighted by Crippen LogP contribution is -2.37. The topological polar surface area (TPSA) is 53.4 Å². The molecule has 0 aromatic carbocycles. The molecule has 0 amide bonds. The predicted octanol–water partition coefficient (Wildman–Crippen LogP) is 3.75. The van der Waals surface area contributed by atoms with E-state index < -0.39 is 5.97 Å². The van der Waals surface area contributed by atoms with Gasteiger partial charge in [0, 0.05) is 18.8 Å². The molecule has 4 nitrogen and oxygen atoms in total. The number of nitrogens with zero attached hydrogens (tertiary/aromatic N) is 2. The van der Waals surface area contributed by atoms with E-state index in [0.29, 0.717) is 17.0 Å². The summed E-state index contributed by atoms with van der Waals surface area (Å²) in [5.41, 5.74) is 1.61. The molecule has 0 atom stereocenters. The number of carboxylic acid groups (broad SMARTS) is 1.